The van der Waals surface area contributed by atoms with Gasteiger partial charge in [0.25, 0.3) is 0 Å². The van der Waals surface area contributed by atoms with E-state index >= 15 is 0 Å². The molecule has 0 aliphatic heterocycles. The van der Waals surface area contributed by atoms with E-state index in [0.717, 1.165) is 17.8 Å². The van der Waals surface area contributed by atoms with Crippen molar-refractivity contribution in [3.63, 3.8) is 0 Å². The van der Waals surface area contributed by atoms with Crippen LogP contribution in [-0.4, -0.2) is 26.6 Å². The Morgan fingerprint density at radius 2 is 1.91 bits per heavy atom. The molecule has 0 amide bonds. The number of carbonyl (C=O) groups is 2. The Morgan fingerprint density at radius 1 is 1.36 bits per heavy atom. The average molecular weight is 318 g/mol. The normalized spacial score (nSPS) is 26.0. The molecule has 1 aromatic rings. The summed E-state index contributed by atoms with van der Waals surface area (Å²) in [7, 11) is 0. The van der Waals surface area contributed by atoms with Crippen molar-refractivity contribution in [3.05, 3.63) is 17.5 Å². The number of alkyl halides is 3. The molecule has 5 nitrogen and oxygen atoms in total. The fourth-order valence-corrected chi connectivity index (χ4v) is 2.88. The molecule has 0 radical (unpaired) electrons. The zero-order valence-corrected chi connectivity index (χ0v) is 12.3. The molecular weight excluding hydrogens is 301 g/mol. The van der Waals surface area contributed by atoms with Gasteiger partial charge < -0.3 is 5.11 Å². The molecule has 8 heteroatoms. The van der Waals surface area contributed by atoms with Crippen molar-refractivity contribution in [2.24, 2.45) is 5.41 Å². The van der Waals surface area contributed by atoms with Gasteiger partial charge in [-0.2, -0.15) is 18.3 Å². The van der Waals surface area contributed by atoms with Crippen molar-refractivity contribution >= 4 is 11.8 Å². The number of halogens is 3. The van der Waals surface area contributed by atoms with Crippen molar-refractivity contribution in [1.82, 2.24) is 9.78 Å². The van der Waals surface area contributed by atoms with Gasteiger partial charge in [-0.3, -0.25) is 14.3 Å². The predicted molar refractivity (Wildman–Crippen MR) is 70.5 cm³/mol. The van der Waals surface area contributed by atoms with Gasteiger partial charge >= 0.3 is 12.1 Å². The molecule has 0 unspecified atom stereocenters. The summed E-state index contributed by atoms with van der Waals surface area (Å²) in [6.45, 7) is 2.67. The first-order valence-electron chi connectivity index (χ1n) is 6.95. The zero-order valence-electron chi connectivity index (χ0n) is 12.3. The second-order valence-corrected chi connectivity index (χ2v) is 6.00. The maximum Gasteiger partial charge on any atom is 0.433 e. The van der Waals surface area contributed by atoms with Crippen molar-refractivity contribution in [1.29, 1.82) is 0 Å². The van der Waals surface area contributed by atoms with E-state index in [0.29, 0.717) is 0 Å². The molecule has 1 N–H and O–H groups in total. The van der Waals surface area contributed by atoms with Crippen LogP contribution in [0.2, 0.25) is 0 Å². The largest absolute Gasteiger partial charge is 0.481 e. The molecule has 2 rings (SSSR count). The second kappa shape index (κ2) is 5.40. The van der Waals surface area contributed by atoms with E-state index in [1.807, 2.05) is 0 Å². The van der Waals surface area contributed by atoms with Crippen LogP contribution in [0.5, 0.6) is 0 Å². The highest BCUT2D eigenvalue weighted by Gasteiger charge is 2.43. The first-order chi connectivity index (χ1) is 10.1. The highest BCUT2D eigenvalue weighted by atomic mass is 19.4. The van der Waals surface area contributed by atoms with Crippen LogP contribution in [0.15, 0.2) is 6.20 Å². The van der Waals surface area contributed by atoms with Gasteiger partial charge in [0, 0.05) is 0 Å². The van der Waals surface area contributed by atoms with Crippen LogP contribution in [0.25, 0.3) is 0 Å². The lowest BCUT2D eigenvalue weighted by Crippen LogP contribution is -2.34. The van der Waals surface area contributed by atoms with E-state index in [1.54, 1.807) is 6.92 Å². The van der Waals surface area contributed by atoms with E-state index in [9.17, 15) is 22.8 Å². The topological polar surface area (TPSA) is 72.2 Å². The van der Waals surface area contributed by atoms with Crippen molar-refractivity contribution in [2.75, 3.05) is 0 Å². The lowest BCUT2D eigenvalue weighted by Gasteiger charge is -2.34. The number of nitrogens with zero attached hydrogens (tertiary/aromatic N) is 2. The summed E-state index contributed by atoms with van der Waals surface area (Å²) in [6, 6.07) is -0.544. The molecule has 1 saturated carbocycles. The molecule has 1 heterocycles. The maximum absolute atomic E-state index is 13.2. The van der Waals surface area contributed by atoms with Crippen LogP contribution in [-0.2, 0) is 11.0 Å². The number of aliphatic carboxylic acids is 1. The van der Waals surface area contributed by atoms with E-state index in [2.05, 4.69) is 5.10 Å². The minimum atomic E-state index is -4.68. The third-order valence-electron chi connectivity index (χ3n) is 4.36. The van der Waals surface area contributed by atoms with Gasteiger partial charge in [0.15, 0.2) is 11.5 Å². The van der Waals surface area contributed by atoms with Gasteiger partial charge in [-0.05, 0) is 39.5 Å². The molecule has 122 valence electrons. The van der Waals surface area contributed by atoms with Gasteiger partial charge in [-0.1, -0.05) is 0 Å². The lowest BCUT2D eigenvalue weighted by atomic mass is 9.74. The van der Waals surface area contributed by atoms with E-state index in [-0.39, 0.29) is 25.7 Å². The maximum atomic E-state index is 13.2. The fraction of sp³-hybridized carbons (Fsp3) is 0.643. The van der Waals surface area contributed by atoms with Gasteiger partial charge in [0.2, 0.25) is 0 Å². The molecule has 1 fully saturated rings. The monoisotopic (exact) mass is 318 g/mol. The minimum absolute atomic E-state index is 0.277. The van der Waals surface area contributed by atoms with E-state index < -0.39 is 40.6 Å². The number of Topliss-reactive ketones (excluding diaryl/α,β-unsaturated/α-hetero) is 1. The van der Waals surface area contributed by atoms with Crippen LogP contribution in [0, 0.1) is 5.41 Å². The number of carboxylic acid groups (broad SMARTS) is 1. The molecule has 1 aliphatic carbocycles. The highest BCUT2D eigenvalue weighted by Crippen LogP contribution is 2.43. The zero-order chi connectivity index (χ0) is 16.7. The number of hydrogen-bond acceptors (Lipinski definition) is 3. The average Bonchev–Trinajstić information content (AvgIpc) is 2.84. The van der Waals surface area contributed by atoms with Gasteiger partial charge in [0.1, 0.15) is 0 Å². The quantitative estimate of drug-likeness (QED) is 0.868. The standard InChI is InChI=1S/C14H17F3N2O3/c1-8(20)10-7-18-19(11(10)14(15,16)17)9-3-5-13(2,6-4-9)12(21)22/h7,9H,3-6H2,1-2H3,(H,21,22). The Labute approximate surface area is 125 Å². The number of carbonyl (C=O) groups excluding carboxylic acids is 1. The smallest absolute Gasteiger partial charge is 0.433 e. The molecule has 0 bridgehead atoms. The summed E-state index contributed by atoms with van der Waals surface area (Å²) in [5, 5.41) is 12.9. The molecule has 22 heavy (non-hydrogen) atoms. The predicted octanol–water partition coefficient (Wildman–Crippen LogP) is 3.31. The van der Waals surface area contributed by atoms with Crippen molar-refractivity contribution in [3.8, 4) is 0 Å². The molecule has 1 aliphatic rings. The third kappa shape index (κ3) is 2.86. The van der Waals surface area contributed by atoms with Crippen molar-refractivity contribution in [2.45, 2.75) is 51.7 Å². The number of rotatable bonds is 3. The first kappa shape index (κ1) is 16.5. The fourth-order valence-electron chi connectivity index (χ4n) is 2.88. The number of carboxylic acids is 1. The summed E-state index contributed by atoms with van der Waals surface area (Å²) in [6.07, 6.45) is -2.61. The van der Waals surface area contributed by atoms with Crippen LogP contribution in [0.4, 0.5) is 13.2 Å². The SMILES string of the molecule is CC(=O)c1cnn(C2CCC(C)(C(=O)O)CC2)c1C(F)(F)F. The van der Waals surface area contributed by atoms with Gasteiger partial charge in [0.05, 0.1) is 23.2 Å². The van der Waals surface area contributed by atoms with Crippen LogP contribution >= 0.6 is 0 Å². The Morgan fingerprint density at radius 3 is 2.32 bits per heavy atom. The summed E-state index contributed by atoms with van der Waals surface area (Å²) in [4.78, 5) is 22.6. The molecule has 0 spiro atoms. The summed E-state index contributed by atoms with van der Waals surface area (Å²) in [5.74, 6) is -1.63. The summed E-state index contributed by atoms with van der Waals surface area (Å²) < 4.78 is 40.5. The molecular formula is C14H17F3N2O3. The number of ketones is 1. The number of aromatic nitrogens is 2. The van der Waals surface area contributed by atoms with Crippen LogP contribution in [0.1, 0.15) is 61.6 Å². The summed E-state index contributed by atoms with van der Waals surface area (Å²) >= 11 is 0. The summed E-state index contributed by atoms with van der Waals surface area (Å²) in [5.41, 5.74) is -2.39. The van der Waals surface area contributed by atoms with Gasteiger partial charge in [-0.15, -0.1) is 0 Å². The molecule has 0 atom stereocenters. The Hall–Kier alpha value is -1.86. The minimum Gasteiger partial charge on any atom is -0.481 e. The Kier molecular flexibility index (Phi) is 4.06. The van der Waals surface area contributed by atoms with E-state index in [4.69, 9.17) is 5.11 Å². The van der Waals surface area contributed by atoms with E-state index in [1.165, 1.54) is 0 Å². The van der Waals surface area contributed by atoms with Crippen LogP contribution in [0.3, 0.4) is 0 Å². The van der Waals surface area contributed by atoms with Crippen LogP contribution < -0.4 is 0 Å². The molecule has 0 saturated heterocycles. The number of hydrogen-bond donors (Lipinski definition) is 1. The third-order valence-corrected chi connectivity index (χ3v) is 4.36. The van der Waals surface area contributed by atoms with Gasteiger partial charge in [-0.25, -0.2) is 0 Å². The first-order valence-corrected chi connectivity index (χ1v) is 6.95. The second-order valence-electron chi connectivity index (χ2n) is 6.00. The molecule has 1 aromatic heterocycles. The Balaban J connectivity index is 2.32. The highest BCUT2D eigenvalue weighted by molar-refractivity contribution is 5.95. The molecule has 0 aromatic carbocycles. The lowest BCUT2D eigenvalue weighted by molar-refractivity contribution is -0.152. The Bertz CT molecular complexity index is 599. The van der Waals surface area contributed by atoms with Crippen molar-refractivity contribution < 1.29 is 27.9 Å².